The van der Waals surface area contributed by atoms with Gasteiger partial charge in [0.2, 0.25) is 0 Å². The predicted molar refractivity (Wildman–Crippen MR) is 85.1 cm³/mol. The minimum Gasteiger partial charge on any atom is -0.497 e. The Hall–Kier alpha value is -2.05. The molecule has 1 aromatic rings. The van der Waals surface area contributed by atoms with E-state index in [1.807, 2.05) is 6.92 Å². The number of hydrogen-bond donors (Lipinski definition) is 2. The number of alkyl halides is 2. The molecule has 1 aliphatic carbocycles. The molecule has 23 heavy (non-hydrogen) atoms. The van der Waals surface area contributed by atoms with E-state index in [0.717, 1.165) is 13.0 Å². The summed E-state index contributed by atoms with van der Waals surface area (Å²) in [7, 11) is 1.52. The average Bonchev–Trinajstić information content (AvgIpc) is 3.20. The van der Waals surface area contributed by atoms with Crippen molar-refractivity contribution in [2.45, 2.75) is 39.5 Å². The Kier molecular flexibility index (Phi) is 6.01. The molecule has 0 radical (unpaired) electrons. The van der Waals surface area contributed by atoms with Crippen molar-refractivity contribution in [2.24, 2.45) is 10.9 Å². The molecule has 0 heterocycles. The number of aliphatic imine (C=N–C) groups is 1. The number of hydrogen-bond acceptors (Lipinski definition) is 3. The lowest BCUT2D eigenvalue weighted by molar-refractivity contribution is -0.0504. The van der Waals surface area contributed by atoms with Crippen LogP contribution < -0.4 is 20.1 Å². The molecule has 2 unspecified atom stereocenters. The molecule has 0 amide bonds. The van der Waals surface area contributed by atoms with Crippen molar-refractivity contribution in [1.29, 1.82) is 0 Å². The zero-order valence-electron chi connectivity index (χ0n) is 13.6. The molecular formula is C16H23F2N3O2. The van der Waals surface area contributed by atoms with E-state index in [-0.39, 0.29) is 12.3 Å². The summed E-state index contributed by atoms with van der Waals surface area (Å²) in [6.07, 6.45) is 1.11. The van der Waals surface area contributed by atoms with Gasteiger partial charge in [-0.1, -0.05) is 6.92 Å². The fraction of sp³-hybridized carbons (Fsp3) is 0.562. The smallest absolute Gasteiger partial charge is 0.387 e. The Morgan fingerprint density at radius 2 is 2.17 bits per heavy atom. The summed E-state index contributed by atoms with van der Waals surface area (Å²) in [5, 5.41) is 6.47. The van der Waals surface area contributed by atoms with Crippen molar-refractivity contribution >= 4 is 5.96 Å². The molecule has 128 valence electrons. The highest BCUT2D eigenvalue weighted by Gasteiger charge is 2.33. The summed E-state index contributed by atoms with van der Waals surface area (Å²) in [5.74, 6) is 1.99. The summed E-state index contributed by atoms with van der Waals surface area (Å²) in [4.78, 5) is 4.46. The summed E-state index contributed by atoms with van der Waals surface area (Å²) in [5.41, 5.74) is 0.547. The van der Waals surface area contributed by atoms with Crippen LogP contribution in [0.1, 0.15) is 25.8 Å². The van der Waals surface area contributed by atoms with Crippen LogP contribution in [0, 0.1) is 5.92 Å². The first-order valence-electron chi connectivity index (χ1n) is 7.70. The SMILES string of the molecule is CCNC(=NCc1cc(OC)ccc1OC(F)F)NC1CC1C. The van der Waals surface area contributed by atoms with E-state index in [4.69, 9.17) is 4.74 Å². The summed E-state index contributed by atoms with van der Waals surface area (Å²) in [6.45, 7) is 2.22. The van der Waals surface area contributed by atoms with E-state index in [9.17, 15) is 8.78 Å². The van der Waals surface area contributed by atoms with E-state index < -0.39 is 6.61 Å². The molecule has 1 saturated carbocycles. The van der Waals surface area contributed by atoms with Gasteiger partial charge >= 0.3 is 6.61 Å². The Morgan fingerprint density at radius 3 is 2.74 bits per heavy atom. The van der Waals surface area contributed by atoms with Crippen LogP contribution in [0.25, 0.3) is 0 Å². The van der Waals surface area contributed by atoms with Gasteiger partial charge in [-0.2, -0.15) is 8.78 Å². The Bertz CT molecular complexity index is 552. The van der Waals surface area contributed by atoms with E-state index >= 15 is 0 Å². The molecule has 7 heteroatoms. The van der Waals surface area contributed by atoms with Crippen LogP contribution in [-0.4, -0.2) is 32.3 Å². The monoisotopic (exact) mass is 327 g/mol. The third-order valence-corrected chi connectivity index (χ3v) is 3.67. The van der Waals surface area contributed by atoms with Crippen LogP contribution in [0.5, 0.6) is 11.5 Å². The van der Waals surface area contributed by atoms with E-state index in [1.165, 1.54) is 13.2 Å². The Morgan fingerprint density at radius 1 is 1.43 bits per heavy atom. The molecular weight excluding hydrogens is 304 g/mol. The number of benzene rings is 1. The second kappa shape index (κ2) is 7.99. The summed E-state index contributed by atoms with van der Waals surface area (Å²) < 4.78 is 34.7. The van der Waals surface area contributed by atoms with Gasteiger partial charge in [0.15, 0.2) is 5.96 Å². The minimum absolute atomic E-state index is 0.111. The zero-order chi connectivity index (χ0) is 16.8. The molecule has 5 nitrogen and oxygen atoms in total. The van der Waals surface area contributed by atoms with E-state index in [2.05, 4.69) is 27.3 Å². The normalized spacial score (nSPS) is 20.3. The summed E-state index contributed by atoms with van der Waals surface area (Å²) >= 11 is 0. The standard InChI is InChI=1S/C16H23F2N3O2/c1-4-19-16(21-13-7-10(13)2)20-9-11-8-12(22-3)5-6-14(11)23-15(17)18/h5-6,8,10,13,15H,4,7,9H2,1-3H3,(H2,19,20,21). The van der Waals surface area contributed by atoms with Gasteiger partial charge in [-0.15, -0.1) is 0 Å². The quantitative estimate of drug-likeness (QED) is 0.597. The van der Waals surface area contributed by atoms with Crippen LogP contribution in [0.15, 0.2) is 23.2 Å². The maximum atomic E-state index is 12.5. The fourth-order valence-corrected chi connectivity index (χ4v) is 2.20. The predicted octanol–water partition coefficient (Wildman–Crippen LogP) is 2.76. The Balaban J connectivity index is 2.12. The molecule has 2 atom stereocenters. The van der Waals surface area contributed by atoms with Gasteiger partial charge in [0, 0.05) is 18.2 Å². The molecule has 1 aliphatic rings. The van der Waals surface area contributed by atoms with Gasteiger partial charge in [-0.25, -0.2) is 4.99 Å². The molecule has 0 spiro atoms. The average molecular weight is 327 g/mol. The molecule has 0 bridgehead atoms. The number of ether oxygens (including phenoxy) is 2. The third kappa shape index (κ3) is 5.26. The van der Waals surface area contributed by atoms with Crippen LogP contribution >= 0.6 is 0 Å². The first kappa shape index (κ1) is 17.3. The molecule has 0 saturated heterocycles. The number of guanidine groups is 1. The van der Waals surface area contributed by atoms with Crippen molar-refractivity contribution < 1.29 is 18.3 Å². The lowest BCUT2D eigenvalue weighted by Gasteiger charge is -2.13. The lowest BCUT2D eigenvalue weighted by atomic mass is 10.2. The summed E-state index contributed by atoms with van der Waals surface area (Å²) in [6, 6.07) is 5.14. The van der Waals surface area contributed by atoms with Crippen molar-refractivity contribution in [2.75, 3.05) is 13.7 Å². The van der Waals surface area contributed by atoms with Crippen LogP contribution in [0.3, 0.4) is 0 Å². The van der Waals surface area contributed by atoms with E-state index in [1.54, 1.807) is 12.1 Å². The third-order valence-electron chi connectivity index (χ3n) is 3.67. The van der Waals surface area contributed by atoms with Gasteiger partial charge < -0.3 is 20.1 Å². The van der Waals surface area contributed by atoms with Crippen LogP contribution in [0.4, 0.5) is 8.78 Å². The zero-order valence-corrected chi connectivity index (χ0v) is 13.6. The maximum Gasteiger partial charge on any atom is 0.387 e. The minimum atomic E-state index is -2.87. The number of methoxy groups -OCH3 is 1. The molecule has 1 aromatic carbocycles. The van der Waals surface area contributed by atoms with E-state index in [0.29, 0.717) is 29.2 Å². The number of halogens is 2. The van der Waals surface area contributed by atoms with Crippen LogP contribution in [-0.2, 0) is 6.54 Å². The van der Waals surface area contributed by atoms with Gasteiger partial charge in [0.05, 0.1) is 13.7 Å². The fourth-order valence-electron chi connectivity index (χ4n) is 2.20. The molecule has 0 aliphatic heterocycles. The van der Waals surface area contributed by atoms with Gasteiger partial charge in [0.1, 0.15) is 11.5 Å². The largest absolute Gasteiger partial charge is 0.497 e. The highest BCUT2D eigenvalue weighted by molar-refractivity contribution is 5.80. The van der Waals surface area contributed by atoms with Crippen molar-refractivity contribution in [3.63, 3.8) is 0 Å². The molecule has 1 fully saturated rings. The first-order valence-corrected chi connectivity index (χ1v) is 7.70. The Labute approximate surface area is 135 Å². The van der Waals surface area contributed by atoms with Crippen molar-refractivity contribution in [3.05, 3.63) is 23.8 Å². The molecule has 2 N–H and O–H groups in total. The van der Waals surface area contributed by atoms with Gasteiger partial charge in [0.25, 0.3) is 0 Å². The molecule has 2 rings (SSSR count). The highest BCUT2D eigenvalue weighted by Crippen LogP contribution is 2.29. The second-order valence-electron chi connectivity index (χ2n) is 5.51. The second-order valence-corrected chi connectivity index (χ2v) is 5.51. The van der Waals surface area contributed by atoms with Gasteiger partial charge in [-0.05, 0) is 37.5 Å². The number of nitrogens with zero attached hydrogens (tertiary/aromatic N) is 1. The van der Waals surface area contributed by atoms with Gasteiger partial charge in [-0.3, -0.25) is 0 Å². The van der Waals surface area contributed by atoms with Crippen LogP contribution in [0.2, 0.25) is 0 Å². The van der Waals surface area contributed by atoms with Crippen molar-refractivity contribution in [3.8, 4) is 11.5 Å². The number of rotatable bonds is 7. The lowest BCUT2D eigenvalue weighted by Crippen LogP contribution is -2.39. The van der Waals surface area contributed by atoms with Crippen molar-refractivity contribution in [1.82, 2.24) is 10.6 Å². The number of nitrogens with one attached hydrogen (secondary N) is 2. The first-order chi connectivity index (χ1) is 11.0. The highest BCUT2D eigenvalue weighted by atomic mass is 19.3. The maximum absolute atomic E-state index is 12.5. The molecule has 0 aromatic heterocycles. The topological polar surface area (TPSA) is 54.9 Å².